The summed E-state index contributed by atoms with van der Waals surface area (Å²) in [6.45, 7) is 4.36. The zero-order valence-corrected chi connectivity index (χ0v) is 14.9. The zero-order valence-electron chi connectivity index (χ0n) is 14.9. The number of hydrogen-bond donors (Lipinski definition) is 3. The van der Waals surface area contributed by atoms with Gasteiger partial charge in [0, 0.05) is 25.2 Å². The highest BCUT2D eigenvalue weighted by Gasteiger charge is 2.34. The van der Waals surface area contributed by atoms with Gasteiger partial charge in [0.15, 0.2) is 0 Å². The molecule has 0 saturated carbocycles. The predicted octanol–water partition coefficient (Wildman–Crippen LogP) is 0.824. The van der Waals surface area contributed by atoms with Crippen molar-refractivity contribution in [2.24, 2.45) is 0 Å². The Morgan fingerprint density at radius 3 is 2.65 bits per heavy atom. The Morgan fingerprint density at radius 1 is 1.27 bits per heavy atom. The normalized spacial score (nSPS) is 16.8. The molecule has 1 fully saturated rings. The van der Waals surface area contributed by atoms with E-state index in [4.69, 9.17) is 5.11 Å². The van der Waals surface area contributed by atoms with Gasteiger partial charge in [0.25, 0.3) is 0 Å². The molecule has 2 rings (SSSR count). The Hall–Kier alpha value is -2.90. The number of benzene rings is 1. The number of anilines is 1. The number of nitrogens with one attached hydrogen (secondary N) is 2. The predicted molar refractivity (Wildman–Crippen MR) is 94.5 cm³/mol. The minimum Gasteiger partial charge on any atom is -0.481 e. The lowest BCUT2D eigenvalue weighted by Gasteiger charge is -2.34. The first kappa shape index (κ1) is 19.4. The lowest BCUT2D eigenvalue weighted by Crippen LogP contribution is -2.58. The van der Waals surface area contributed by atoms with Gasteiger partial charge in [-0.15, -0.1) is 0 Å². The summed E-state index contributed by atoms with van der Waals surface area (Å²) in [6.07, 6.45) is -0.686. The van der Waals surface area contributed by atoms with Crippen molar-refractivity contribution in [2.45, 2.75) is 39.2 Å². The maximum absolute atomic E-state index is 12.4. The molecule has 1 atom stereocenters. The van der Waals surface area contributed by atoms with E-state index in [1.54, 1.807) is 6.07 Å². The van der Waals surface area contributed by atoms with E-state index in [0.29, 0.717) is 5.69 Å². The molecule has 1 unspecified atom stereocenters. The molecule has 26 heavy (non-hydrogen) atoms. The average Bonchev–Trinajstić information content (AvgIpc) is 2.57. The van der Waals surface area contributed by atoms with E-state index in [2.05, 4.69) is 10.6 Å². The highest BCUT2D eigenvalue weighted by molar-refractivity contribution is 5.98. The zero-order chi connectivity index (χ0) is 19.3. The Labute approximate surface area is 151 Å². The lowest BCUT2D eigenvalue weighted by atomic mass is 10.1. The van der Waals surface area contributed by atoms with E-state index in [0.717, 1.165) is 11.1 Å². The van der Waals surface area contributed by atoms with Crippen LogP contribution in [0.1, 0.15) is 30.4 Å². The molecule has 1 aromatic rings. The van der Waals surface area contributed by atoms with Crippen molar-refractivity contribution >= 4 is 29.4 Å². The van der Waals surface area contributed by atoms with Crippen LogP contribution in [0.5, 0.6) is 0 Å². The molecule has 140 valence electrons. The van der Waals surface area contributed by atoms with Crippen LogP contribution in [0.4, 0.5) is 5.69 Å². The molecule has 3 N–H and O–H groups in total. The van der Waals surface area contributed by atoms with Gasteiger partial charge in [-0.3, -0.25) is 19.2 Å². The lowest BCUT2D eigenvalue weighted by molar-refractivity contribution is -0.146. The smallest absolute Gasteiger partial charge is 0.303 e. The molecule has 3 amide bonds. The number of nitrogens with zero attached hydrogens (tertiary/aromatic N) is 1. The van der Waals surface area contributed by atoms with Crippen LogP contribution in [0.2, 0.25) is 0 Å². The topological polar surface area (TPSA) is 116 Å². The van der Waals surface area contributed by atoms with Gasteiger partial charge >= 0.3 is 5.97 Å². The van der Waals surface area contributed by atoms with Crippen LogP contribution in [0, 0.1) is 13.8 Å². The first-order valence-electron chi connectivity index (χ1n) is 8.44. The summed E-state index contributed by atoms with van der Waals surface area (Å²) in [5.41, 5.74) is 2.63. The van der Waals surface area contributed by atoms with Crippen molar-refractivity contribution < 1.29 is 24.3 Å². The molecule has 1 aliphatic rings. The first-order valence-corrected chi connectivity index (χ1v) is 8.44. The molecule has 1 aromatic carbocycles. The Morgan fingerprint density at radius 2 is 2.00 bits per heavy atom. The maximum Gasteiger partial charge on any atom is 0.303 e. The van der Waals surface area contributed by atoms with E-state index in [9.17, 15) is 19.2 Å². The molecule has 1 saturated heterocycles. The number of rotatable bonds is 6. The number of carbonyl (C=O) groups is 4. The van der Waals surface area contributed by atoms with Crippen LogP contribution in [0.25, 0.3) is 0 Å². The highest BCUT2D eigenvalue weighted by atomic mass is 16.4. The number of carboxylic acids is 1. The molecule has 0 bridgehead atoms. The third kappa shape index (κ3) is 5.05. The monoisotopic (exact) mass is 361 g/mol. The number of carboxylic acid groups (broad SMARTS) is 1. The number of aliphatic carboxylic acids is 1. The van der Waals surface area contributed by atoms with E-state index in [1.807, 2.05) is 26.0 Å². The fraction of sp³-hybridized carbons (Fsp3) is 0.444. The fourth-order valence-electron chi connectivity index (χ4n) is 2.90. The van der Waals surface area contributed by atoms with Gasteiger partial charge in [-0.05, 0) is 25.5 Å². The van der Waals surface area contributed by atoms with Crippen LogP contribution in [0.15, 0.2) is 18.2 Å². The summed E-state index contributed by atoms with van der Waals surface area (Å²) in [7, 11) is 0. The molecule has 0 spiro atoms. The molecular weight excluding hydrogens is 338 g/mol. The van der Waals surface area contributed by atoms with Gasteiger partial charge in [0.05, 0.1) is 12.8 Å². The molecule has 1 aliphatic heterocycles. The minimum atomic E-state index is -1.08. The van der Waals surface area contributed by atoms with Crippen LogP contribution >= 0.6 is 0 Å². The minimum absolute atomic E-state index is 0.183. The summed E-state index contributed by atoms with van der Waals surface area (Å²) in [4.78, 5) is 48.7. The van der Waals surface area contributed by atoms with Gasteiger partial charge < -0.3 is 20.6 Å². The van der Waals surface area contributed by atoms with Crippen LogP contribution in [-0.2, 0) is 19.2 Å². The number of piperazine rings is 1. The van der Waals surface area contributed by atoms with E-state index >= 15 is 0 Å². The third-order valence-corrected chi connectivity index (χ3v) is 4.24. The third-order valence-electron chi connectivity index (χ3n) is 4.24. The Kier molecular flexibility index (Phi) is 6.32. The van der Waals surface area contributed by atoms with Gasteiger partial charge in [0.2, 0.25) is 17.7 Å². The summed E-state index contributed by atoms with van der Waals surface area (Å²) in [6, 6.07) is 4.66. The molecular formula is C18H23N3O5. The van der Waals surface area contributed by atoms with Crippen LogP contribution < -0.4 is 10.6 Å². The molecule has 8 heteroatoms. The average molecular weight is 361 g/mol. The van der Waals surface area contributed by atoms with Crippen molar-refractivity contribution in [1.29, 1.82) is 0 Å². The van der Waals surface area contributed by atoms with Gasteiger partial charge in [-0.25, -0.2) is 0 Å². The summed E-state index contributed by atoms with van der Waals surface area (Å²) >= 11 is 0. The fourth-order valence-corrected chi connectivity index (χ4v) is 2.90. The van der Waals surface area contributed by atoms with Crippen molar-refractivity contribution in [3.05, 3.63) is 29.3 Å². The van der Waals surface area contributed by atoms with Crippen molar-refractivity contribution in [2.75, 3.05) is 18.4 Å². The molecule has 0 aromatic heterocycles. The van der Waals surface area contributed by atoms with Gasteiger partial charge in [-0.1, -0.05) is 17.7 Å². The number of carbonyl (C=O) groups excluding carboxylic acids is 3. The molecule has 8 nitrogen and oxygen atoms in total. The quantitative estimate of drug-likeness (QED) is 0.694. The van der Waals surface area contributed by atoms with E-state index in [1.165, 1.54) is 4.90 Å². The van der Waals surface area contributed by atoms with Crippen molar-refractivity contribution in [3.8, 4) is 0 Å². The summed E-state index contributed by atoms with van der Waals surface area (Å²) in [5, 5.41) is 14.1. The second-order valence-electron chi connectivity index (χ2n) is 6.36. The number of aryl methyl sites for hydroxylation is 2. The van der Waals surface area contributed by atoms with E-state index < -0.39 is 23.8 Å². The Balaban J connectivity index is 2.05. The van der Waals surface area contributed by atoms with Gasteiger partial charge in [-0.2, -0.15) is 0 Å². The first-order chi connectivity index (χ1) is 12.3. The van der Waals surface area contributed by atoms with Crippen molar-refractivity contribution in [1.82, 2.24) is 10.2 Å². The van der Waals surface area contributed by atoms with Crippen LogP contribution in [0.3, 0.4) is 0 Å². The van der Waals surface area contributed by atoms with Crippen molar-refractivity contribution in [3.63, 3.8) is 0 Å². The molecule has 0 radical (unpaired) electrons. The van der Waals surface area contributed by atoms with Crippen LogP contribution in [-0.4, -0.2) is 52.8 Å². The summed E-state index contributed by atoms with van der Waals surface area (Å²) in [5.74, 6) is -2.30. The standard InChI is InChI=1S/C18H23N3O5/c1-11-3-4-13(12(2)9-11)20-15(22)10-14-18(26)19-7-8-21(14)16(23)5-6-17(24)25/h3-4,9,14H,5-8,10H2,1-2H3,(H,19,26)(H,20,22)(H,24,25). The largest absolute Gasteiger partial charge is 0.481 e. The molecule has 1 heterocycles. The second-order valence-corrected chi connectivity index (χ2v) is 6.36. The molecule has 0 aliphatic carbocycles. The van der Waals surface area contributed by atoms with E-state index in [-0.39, 0.29) is 38.3 Å². The number of amides is 3. The highest BCUT2D eigenvalue weighted by Crippen LogP contribution is 2.18. The number of hydrogen-bond acceptors (Lipinski definition) is 4. The maximum atomic E-state index is 12.4. The second kappa shape index (κ2) is 8.46. The Bertz CT molecular complexity index is 732. The summed E-state index contributed by atoms with van der Waals surface area (Å²) < 4.78 is 0. The SMILES string of the molecule is Cc1ccc(NC(=O)CC2C(=O)NCCN2C(=O)CCC(=O)O)c(C)c1. The van der Waals surface area contributed by atoms with Gasteiger partial charge in [0.1, 0.15) is 6.04 Å².